The van der Waals surface area contributed by atoms with Crippen LogP contribution in [0, 0.1) is 6.92 Å². The second-order valence-electron chi connectivity index (χ2n) is 8.09. The van der Waals surface area contributed by atoms with Crippen LogP contribution in [0.15, 0.2) is 40.9 Å². The number of amides is 2. The van der Waals surface area contributed by atoms with Gasteiger partial charge in [-0.3, -0.25) is 5.10 Å². The molecule has 148 valence electrons. The number of nitrogens with one attached hydrogen (secondary N) is 2. The van der Waals surface area contributed by atoms with Gasteiger partial charge < -0.3 is 14.7 Å². The molecule has 0 atom stereocenters. The predicted molar refractivity (Wildman–Crippen MR) is 108 cm³/mol. The van der Waals surface area contributed by atoms with E-state index in [1.54, 1.807) is 11.9 Å². The zero-order chi connectivity index (χ0) is 20.3. The number of benzene rings is 1. The molecule has 2 heterocycles. The fraction of sp³-hybridized carbons (Fsp3) is 0.381. The molecular formula is C21H27N5O2. The zero-order valence-corrected chi connectivity index (χ0v) is 17.0. The highest BCUT2D eigenvalue weighted by Crippen LogP contribution is 2.21. The van der Waals surface area contributed by atoms with Crippen LogP contribution in [0.4, 0.5) is 4.79 Å². The minimum absolute atomic E-state index is 0.0301. The molecule has 28 heavy (non-hydrogen) atoms. The summed E-state index contributed by atoms with van der Waals surface area (Å²) in [7, 11) is 1.74. The number of aromatic nitrogens is 3. The minimum Gasteiger partial charge on any atom is -0.356 e. The van der Waals surface area contributed by atoms with Gasteiger partial charge in [-0.05, 0) is 13.0 Å². The topological polar surface area (TPSA) is 87.0 Å². The Morgan fingerprint density at radius 2 is 1.93 bits per heavy atom. The van der Waals surface area contributed by atoms with Crippen molar-refractivity contribution in [1.82, 2.24) is 25.6 Å². The van der Waals surface area contributed by atoms with Crippen molar-refractivity contribution in [3.05, 3.63) is 59.0 Å². The van der Waals surface area contributed by atoms with Crippen molar-refractivity contribution in [1.29, 1.82) is 0 Å². The van der Waals surface area contributed by atoms with Crippen LogP contribution in [-0.2, 0) is 18.5 Å². The summed E-state index contributed by atoms with van der Waals surface area (Å²) >= 11 is 0. The van der Waals surface area contributed by atoms with Gasteiger partial charge in [0.2, 0.25) is 0 Å². The van der Waals surface area contributed by atoms with E-state index in [1.165, 1.54) is 5.56 Å². The SMILES string of the molecule is Cc1ccc(-c2cc(CNC(=O)N(C)Cc3cc(C(C)(C)C)n[nH]3)no2)cc1. The van der Waals surface area contributed by atoms with Gasteiger partial charge in [-0.2, -0.15) is 5.10 Å². The van der Waals surface area contributed by atoms with E-state index in [0.29, 0.717) is 24.5 Å². The maximum absolute atomic E-state index is 12.4. The Labute approximate surface area is 165 Å². The smallest absolute Gasteiger partial charge is 0.317 e. The average Bonchev–Trinajstić information content (AvgIpc) is 3.29. The molecule has 2 N–H and O–H groups in total. The van der Waals surface area contributed by atoms with Crippen LogP contribution in [0.2, 0.25) is 0 Å². The number of carbonyl (C=O) groups is 1. The summed E-state index contributed by atoms with van der Waals surface area (Å²) in [6.07, 6.45) is 0. The number of nitrogens with zero attached hydrogens (tertiary/aromatic N) is 3. The molecule has 3 rings (SSSR count). The molecular weight excluding hydrogens is 354 g/mol. The van der Waals surface area contributed by atoms with Crippen molar-refractivity contribution in [2.75, 3.05) is 7.05 Å². The van der Waals surface area contributed by atoms with E-state index < -0.39 is 0 Å². The molecule has 0 aliphatic rings. The first-order valence-corrected chi connectivity index (χ1v) is 9.29. The number of carbonyl (C=O) groups excluding carboxylic acids is 1. The van der Waals surface area contributed by atoms with E-state index >= 15 is 0 Å². The minimum atomic E-state index is -0.188. The number of hydrogen-bond donors (Lipinski definition) is 2. The van der Waals surface area contributed by atoms with Gasteiger partial charge in [0, 0.05) is 24.1 Å². The number of aryl methyl sites for hydroxylation is 1. The van der Waals surface area contributed by atoms with E-state index in [4.69, 9.17) is 4.52 Å². The van der Waals surface area contributed by atoms with Gasteiger partial charge in [0.15, 0.2) is 5.76 Å². The number of urea groups is 1. The molecule has 3 aromatic rings. The Kier molecular flexibility index (Phi) is 5.53. The summed E-state index contributed by atoms with van der Waals surface area (Å²) in [5.74, 6) is 0.685. The summed E-state index contributed by atoms with van der Waals surface area (Å²) in [6.45, 7) is 9.09. The lowest BCUT2D eigenvalue weighted by molar-refractivity contribution is 0.205. The van der Waals surface area contributed by atoms with Crippen LogP contribution in [-0.4, -0.2) is 33.3 Å². The van der Waals surface area contributed by atoms with Crippen LogP contribution in [0.5, 0.6) is 0 Å². The lowest BCUT2D eigenvalue weighted by atomic mass is 9.92. The highest BCUT2D eigenvalue weighted by molar-refractivity contribution is 5.73. The van der Waals surface area contributed by atoms with Gasteiger partial charge in [0.05, 0.1) is 24.5 Å². The second kappa shape index (κ2) is 7.88. The molecule has 0 fully saturated rings. The van der Waals surface area contributed by atoms with E-state index in [1.807, 2.05) is 43.3 Å². The van der Waals surface area contributed by atoms with E-state index in [-0.39, 0.29) is 11.4 Å². The van der Waals surface area contributed by atoms with E-state index in [2.05, 4.69) is 41.4 Å². The molecule has 0 spiro atoms. The Balaban J connectivity index is 1.54. The summed E-state index contributed by atoms with van der Waals surface area (Å²) < 4.78 is 5.39. The Hall–Kier alpha value is -3.09. The third kappa shape index (κ3) is 4.79. The molecule has 0 radical (unpaired) electrons. The van der Waals surface area contributed by atoms with Crippen molar-refractivity contribution >= 4 is 6.03 Å². The molecule has 7 heteroatoms. The van der Waals surface area contributed by atoms with Crippen molar-refractivity contribution in [2.45, 2.75) is 46.2 Å². The fourth-order valence-corrected chi connectivity index (χ4v) is 2.70. The van der Waals surface area contributed by atoms with Crippen LogP contribution in [0.3, 0.4) is 0 Å². The molecule has 2 amide bonds. The third-order valence-corrected chi connectivity index (χ3v) is 4.47. The number of rotatable bonds is 5. The zero-order valence-electron chi connectivity index (χ0n) is 17.0. The Bertz CT molecular complexity index is 934. The monoisotopic (exact) mass is 381 g/mol. The summed E-state index contributed by atoms with van der Waals surface area (Å²) in [6, 6.07) is 11.7. The van der Waals surface area contributed by atoms with Crippen LogP contribution < -0.4 is 5.32 Å². The van der Waals surface area contributed by atoms with Crippen molar-refractivity contribution in [3.8, 4) is 11.3 Å². The molecule has 0 saturated heterocycles. The molecule has 2 aromatic heterocycles. The molecule has 0 bridgehead atoms. The average molecular weight is 381 g/mol. The number of H-pyrrole nitrogens is 1. The maximum atomic E-state index is 12.4. The molecule has 1 aromatic carbocycles. The summed E-state index contributed by atoms with van der Waals surface area (Å²) in [4.78, 5) is 14.0. The van der Waals surface area contributed by atoms with Gasteiger partial charge in [-0.25, -0.2) is 4.79 Å². The quantitative estimate of drug-likeness (QED) is 0.699. The van der Waals surface area contributed by atoms with Gasteiger partial charge >= 0.3 is 6.03 Å². The molecule has 0 unspecified atom stereocenters. The third-order valence-electron chi connectivity index (χ3n) is 4.47. The van der Waals surface area contributed by atoms with Crippen molar-refractivity contribution in [3.63, 3.8) is 0 Å². The number of aromatic amines is 1. The first-order chi connectivity index (χ1) is 13.2. The van der Waals surface area contributed by atoms with Crippen molar-refractivity contribution in [2.24, 2.45) is 0 Å². The van der Waals surface area contributed by atoms with E-state index in [0.717, 1.165) is 17.0 Å². The van der Waals surface area contributed by atoms with Gasteiger partial charge in [0.25, 0.3) is 0 Å². The summed E-state index contributed by atoms with van der Waals surface area (Å²) in [5.41, 5.74) is 4.66. The van der Waals surface area contributed by atoms with Crippen LogP contribution >= 0.6 is 0 Å². The maximum Gasteiger partial charge on any atom is 0.317 e. The summed E-state index contributed by atoms with van der Waals surface area (Å²) in [5, 5.41) is 14.2. The molecule has 7 nitrogen and oxygen atoms in total. The first-order valence-electron chi connectivity index (χ1n) is 9.29. The lowest BCUT2D eigenvalue weighted by Crippen LogP contribution is -2.36. The van der Waals surface area contributed by atoms with Crippen LogP contribution in [0.1, 0.15) is 43.4 Å². The Morgan fingerprint density at radius 3 is 2.57 bits per heavy atom. The largest absolute Gasteiger partial charge is 0.356 e. The molecule has 0 aliphatic heterocycles. The molecule has 0 saturated carbocycles. The lowest BCUT2D eigenvalue weighted by Gasteiger charge is -2.16. The highest BCUT2D eigenvalue weighted by Gasteiger charge is 2.18. The van der Waals surface area contributed by atoms with Gasteiger partial charge in [-0.15, -0.1) is 0 Å². The normalized spacial score (nSPS) is 11.5. The van der Waals surface area contributed by atoms with E-state index in [9.17, 15) is 4.79 Å². The second-order valence-corrected chi connectivity index (χ2v) is 8.09. The molecule has 0 aliphatic carbocycles. The van der Waals surface area contributed by atoms with Crippen LogP contribution in [0.25, 0.3) is 11.3 Å². The van der Waals surface area contributed by atoms with Gasteiger partial charge in [0.1, 0.15) is 5.69 Å². The number of hydrogen-bond acceptors (Lipinski definition) is 4. The predicted octanol–water partition coefficient (Wildman–Crippen LogP) is 4.01. The Morgan fingerprint density at radius 1 is 1.21 bits per heavy atom. The first kappa shape index (κ1) is 19.7. The highest BCUT2D eigenvalue weighted by atomic mass is 16.5. The standard InChI is InChI=1S/C21H27N5O2/c1-14-6-8-15(9-7-14)18-10-16(25-28-18)12-22-20(27)26(5)13-17-11-19(24-23-17)21(2,3)4/h6-11H,12-13H2,1-5H3,(H,22,27)(H,23,24). The fourth-order valence-electron chi connectivity index (χ4n) is 2.70. The van der Waals surface area contributed by atoms with Crippen molar-refractivity contribution < 1.29 is 9.32 Å². The van der Waals surface area contributed by atoms with Gasteiger partial charge in [-0.1, -0.05) is 55.8 Å².